The van der Waals surface area contributed by atoms with E-state index in [1.165, 1.54) is 56.3 Å². The summed E-state index contributed by atoms with van der Waals surface area (Å²) in [7, 11) is 0. The third kappa shape index (κ3) is 1.69. The van der Waals surface area contributed by atoms with Crippen LogP contribution in [0, 0.1) is 11.8 Å². The SMILES string of the molecule is c1ccc2c(c1)-c1ccccc1[C+]2[C+]1c2ccccc2-c2ccccc21. The molecule has 0 radical (unpaired) electrons. The molecule has 0 heterocycles. The van der Waals surface area contributed by atoms with Gasteiger partial charge in [0.25, 0.3) is 0 Å². The second-order valence-corrected chi connectivity index (χ2v) is 6.93. The lowest BCUT2D eigenvalue weighted by molar-refractivity contribution is 1.14. The van der Waals surface area contributed by atoms with Crippen LogP contribution in [0.1, 0.15) is 22.3 Å². The Balaban J connectivity index is 1.67. The van der Waals surface area contributed by atoms with Crippen molar-refractivity contribution < 1.29 is 0 Å². The second kappa shape index (κ2) is 5.06. The van der Waals surface area contributed by atoms with Gasteiger partial charge in [-0.25, -0.2) is 0 Å². The Morgan fingerprint density at radius 1 is 0.308 bits per heavy atom. The van der Waals surface area contributed by atoms with Gasteiger partial charge in [0.2, 0.25) is 0 Å². The van der Waals surface area contributed by atoms with Crippen molar-refractivity contribution in [2.75, 3.05) is 0 Å². The van der Waals surface area contributed by atoms with Crippen molar-refractivity contribution in [3.8, 4) is 22.3 Å². The summed E-state index contributed by atoms with van der Waals surface area (Å²) in [5.41, 5.74) is 10.7. The Kier molecular flexibility index (Phi) is 2.70. The highest BCUT2D eigenvalue weighted by Gasteiger charge is 2.50. The molecule has 0 bridgehead atoms. The van der Waals surface area contributed by atoms with Crippen molar-refractivity contribution in [2.24, 2.45) is 0 Å². The van der Waals surface area contributed by atoms with Crippen LogP contribution in [0.3, 0.4) is 0 Å². The highest BCUT2D eigenvalue weighted by Crippen LogP contribution is 2.56. The van der Waals surface area contributed by atoms with Crippen LogP contribution in [0.4, 0.5) is 0 Å². The molecule has 0 fully saturated rings. The smallest absolute Gasteiger partial charge is 0.0452 e. The molecule has 0 spiro atoms. The summed E-state index contributed by atoms with van der Waals surface area (Å²) in [6.45, 7) is 0. The lowest BCUT2D eigenvalue weighted by Gasteiger charge is -2.13. The Morgan fingerprint density at radius 2 is 0.538 bits per heavy atom. The predicted octanol–water partition coefficient (Wildman–Crippen LogP) is 6.29. The molecule has 2 aliphatic carbocycles. The van der Waals surface area contributed by atoms with Gasteiger partial charge in [0, 0.05) is 24.3 Å². The van der Waals surface area contributed by atoms with Crippen molar-refractivity contribution in [3.63, 3.8) is 0 Å². The molecule has 2 aliphatic rings. The molecule has 0 N–H and O–H groups in total. The van der Waals surface area contributed by atoms with Crippen molar-refractivity contribution in [1.82, 2.24) is 0 Å². The highest BCUT2D eigenvalue weighted by atomic mass is 14.4. The number of benzene rings is 4. The summed E-state index contributed by atoms with van der Waals surface area (Å²) >= 11 is 0. The quantitative estimate of drug-likeness (QED) is 0.360. The molecule has 0 aliphatic heterocycles. The molecule has 0 unspecified atom stereocenters. The largest absolute Gasteiger partial charge is 0.113 e. The molecule has 0 heteroatoms. The van der Waals surface area contributed by atoms with Crippen LogP contribution in [0.15, 0.2) is 97.1 Å². The van der Waals surface area contributed by atoms with Crippen LogP contribution in [-0.2, 0) is 0 Å². The first kappa shape index (κ1) is 13.9. The first-order valence-corrected chi connectivity index (χ1v) is 9.06. The zero-order chi connectivity index (χ0) is 17.1. The van der Waals surface area contributed by atoms with Crippen LogP contribution in [0.2, 0.25) is 0 Å². The molecule has 118 valence electrons. The summed E-state index contributed by atoms with van der Waals surface area (Å²) in [5.74, 6) is 2.74. The summed E-state index contributed by atoms with van der Waals surface area (Å²) < 4.78 is 0. The highest BCUT2D eigenvalue weighted by molar-refractivity contribution is 5.94. The van der Waals surface area contributed by atoms with E-state index >= 15 is 0 Å². The molecule has 0 nitrogen and oxygen atoms in total. The number of fused-ring (bicyclic) bond motifs is 6. The molecule has 26 heavy (non-hydrogen) atoms. The predicted molar refractivity (Wildman–Crippen MR) is 107 cm³/mol. The van der Waals surface area contributed by atoms with E-state index in [1.54, 1.807) is 0 Å². The van der Waals surface area contributed by atoms with E-state index in [-0.39, 0.29) is 0 Å². The van der Waals surface area contributed by atoms with Gasteiger partial charge in [0.05, 0.1) is 22.3 Å². The van der Waals surface area contributed by atoms with Crippen LogP contribution < -0.4 is 0 Å². The average Bonchev–Trinajstić information content (AvgIpc) is 3.21. The van der Waals surface area contributed by atoms with Crippen molar-refractivity contribution in [2.45, 2.75) is 0 Å². The molecular formula is C26H16+2. The Bertz CT molecular complexity index is 968. The van der Waals surface area contributed by atoms with Gasteiger partial charge in [-0.1, -0.05) is 0 Å². The maximum absolute atomic E-state index is 2.27. The standard InChI is InChI=1S/C26H16/c1-5-13-21-17(9-1)18-10-2-6-14-22(18)25(21)26-23-15-7-3-11-19(23)20-12-4-8-16-24(20)26/h1-16H/q+2. The monoisotopic (exact) mass is 328 g/mol. The fourth-order valence-corrected chi connectivity index (χ4v) is 4.57. The number of hydrogen-bond donors (Lipinski definition) is 0. The normalized spacial score (nSPS) is 13.2. The fourth-order valence-electron chi connectivity index (χ4n) is 4.57. The molecule has 0 amide bonds. The van der Waals surface area contributed by atoms with E-state index in [0.717, 1.165) is 0 Å². The summed E-state index contributed by atoms with van der Waals surface area (Å²) in [6, 6.07) is 35.2. The minimum absolute atomic E-state index is 1.34. The molecule has 4 aromatic rings. The molecule has 0 saturated heterocycles. The molecule has 0 atom stereocenters. The van der Waals surface area contributed by atoms with Gasteiger partial charge in [-0.3, -0.25) is 0 Å². The maximum Gasteiger partial charge on any atom is 0.113 e. The van der Waals surface area contributed by atoms with E-state index in [1.807, 2.05) is 0 Å². The van der Waals surface area contributed by atoms with E-state index in [2.05, 4.69) is 97.1 Å². The fraction of sp³-hybridized carbons (Fsp3) is 0. The van der Waals surface area contributed by atoms with E-state index in [9.17, 15) is 0 Å². The van der Waals surface area contributed by atoms with Crippen molar-refractivity contribution >= 4 is 0 Å². The second-order valence-electron chi connectivity index (χ2n) is 6.93. The van der Waals surface area contributed by atoms with Gasteiger partial charge < -0.3 is 0 Å². The van der Waals surface area contributed by atoms with Crippen LogP contribution in [0.25, 0.3) is 22.3 Å². The summed E-state index contributed by atoms with van der Waals surface area (Å²) in [4.78, 5) is 0. The van der Waals surface area contributed by atoms with Gasteiger partial charge >= 0.3 is 0 Å². The average molecular weight is 328 g/mol. The van der Waals surface area contributed by atoms with Crippen LogP contribution >= 0.6 is 0 Å². The van der Waals surface area contributed by atoms with Crippen LogP contribution in [0.5, 0.6) is 0 Å². The zero-order valence-corrected chi connectivity index (χ0v) is 14.2. The number of rotatable bonds is 1. The van der Waals surface area contributed by atoms with Crippen LogP contribution in [-0.4, -0.2) is 0 Å². The Labute approximate surface area is 153 Å². The van der Waals surface area contributed by atoms with Crippen molar-refractivity contribution in [1.29, 1.82) is 0 Å². The van der Waals surface area contributed by atoms with E-state index in [4.69, 9.17) is 0 Å². The first-order chi connectivity index (χ1) is 12.9. The van der Waals surface area contributed by atoms with Gasteiger partial charge in [-0.2, -0.15) is 0 Å². The molecule has 0 saturated carbocycles. The third-order valence-corrected chi connectivity index (χ3v) is 5.62. The Hall–Kier alpha value is -3.38. The summed E-state index contributed by atoms with van der Waals surface area (Å²) in [5, 5.41) is 0. The number of hydrogen-bond acceptors (Lipinski definition) is 0. The minimum atomic E-state index is 1.34. The zero-order valence-electron chi connectivity index (χ0n) is 14.2. The first-order valence-electron chi connectivity index (χ1n) is 9.06. The van der Waals surface area contributed by atoms with Gasteiger partial charge in [-0.15, -0.1) is 0 Å². The topological polar surface area (TPSA) is 0 Å². The molecule has 0 aromatic heterocycles. The van der Waals surface area contributed by atoms with Gasteiger partial charge in [-0.05, 0) is 72.8 Å². The van der Waals surface area contributed by atoms with E-state index in [0.29, 0.717) is 0 Å². The molecular weight excluding hydrogens is 312 g/mol. The minimum Gasteiger partial charge on any atom is -0.0452 e. The molecule has 4 aromatic carbocycles. The molecule has 6 rings (SSSR count). The van der Waals surface area contributed by atoms with Gasteiger partial charge in [0.1, 0.15) is 34.1 Å². The maximum atomic E-state index is 2.27. The third-order valence-electron chi connectivity index (χ3n) is 5.62. The van der Waals surface area contributed by atoms with Gasteiger partial charge in [0.15, 0.2) is 0 Å². The van der Waals surface area contributed by atoms with Crippen molar-refractivity contribution in [3.05, 3.63) is 131 Å². The Morgan fingerprint density at radius 3 is 0.808 bits per heavy atom. The van der Waals surface area contributed by atoms with E-state index < -0.39 is 0 Å². The lowest BCUT2D eigenvalue weighted by Crippen LogP contribution is -2.11. The summed E-state index contributed by atoms with van der Waals surface area (Å²) in [6.07, 6.45) is 0. The lowest BCUT2D eigenvalue weighted by atomic mass is 9.78.